The van der Waals surface area contributed by atoms with Crippen LogP contribution in [0, 0.1) is 0 Å². The average Bonchev–Trinajstić information content (AvgIpc) is 2.18. The minimum absolute atomic E-state index is 0.0145. The molecule has 0 bridgehead atoms. The average molecular weight is 210 g/mol. The van der Waals surface area contributed by atoms with Crippen molar-refractivity contribution >= 4 is 11.8 Å². The van der Waals surface area contributed by atoms with E-state index >= 15 is 0 Å². The summed E-state index contributed by atoms with van der Waals surface area (Å²) in [5.41, 5.74) is -0.377. The van der Waals surface area contributed by atoms with Gasteiger partial charge >= 0.3 is 5.97 Å². The molecule has 5 nitrogen and oxygen atoms in total. The molecule has 0 amide bonds. The molecule has 0 saturated carbocycles. The van der Waals surface area contributed by atoms with Crippen LogP contribution in [-0.4, -0.2) is 29.1 Å². The number of rotatable bonds is 4. The van der Waals surface area contributed by atoms with E-state index in [-0.39, 0.29) is 5.56 Å². The summed E-state index contributed by atoms with van der Waals surface area (Å²) < 4.78 is 0. The van der Waals surface area contributed by atoms with Crippen LogP contribution in [0.5, 0.6) is 0 Å². The first-order valence-corrected chi connectivity index (χ1v) is 4.81. The van der Waals surface area contributed by atoms with Crippen LogP contribution < -0.4 is 10.5 Å². The van der Waals surface area contributed by atoms with Crippen LogP contribution in [0.1, 0.15) is 24.2 Å². The van der Waals surface area contributed by atoms with E-state index in [9.17, 15) is 9.59 Å². The molecule has 1 aromatic heterocycles. The van der Waals surface area contributed by atoms with Gasteiger partial charge in [-0.3, -0.25) is 4.79 Å². The fraction of sp³-hybridized carbons (Fsp3) is 0.400. The molecule has 0 spiro atoms. The predicted octanol–water partition coefficient (Wildman–Crippen LogP) is 0.919. The smallest absolute Gasteiger partial charge is 0.336 e. The number of aromatic amines is 1. The second kappa shape index (κ2) is 4.63. The monoisotopic (exact) mass is 210 g/mol. The Kier molecular flexibility index (Phi) is 3.49. The predicted molar refractivity (Wildman–Crippen MR) is 57.6 cm³/mol. The Hall–Kier alpha value is -1.78. The minimum atomic E-state index is -1.09. The highest BCUT2D eigenvalue weighted by atomic mass is 16.4. The molecule has 0 unspecified atom stereocenters. The third kappa shape index (κ3) is 2.59. The normalized spacial score (nSPS) is 10.0. The third-order valence-corrected chi connectivity index (χ3v) is 2.18. The van der Waals surface area contributed by atoms with Crippen molar-refractivity contribution in [2.75, 3.05) is 18.0 Å². The van der Waals surface area contributed by atoms with Crippen molar-refractivity contribution < 1.29 is 9.90 Å². The highest BCUT2D eigenvalue weighted by Gasteiger charge is 2.09. The lowest BCUT2D eigenvalue weighted by Crippen LogP contribution is -2.26. The molecule has 2 N–H and O–H groups in total. The lowest BCUT2D eigenvalue weighted by Gasteiger charge is -2.20. The Morgan fingerprint density at radius 1 is 1.40 bits per heavy atom. The van der Waals surface area contributed by atoms with Crippen molar-refractivity contribution in [3.8, 4) is 0 Å². The van der Waals surface area contributed by atoms with Crippen LogP contribution in [0.15, 0.2) is 16.9 Å². The van der Waals surface area contributed by atoms with Gasteiger partial charge in [0.1, 0.15) is 5.82 Å². The maximum Gasteiger partial charge on any atom is 0.336 e. The van der Waals surface area contributed by atoms with Gasteiger partial charge in [-0.05, 0) is 19.9 Å². The van der Waals surface area contributed by atoms with E-state index in [2.05, 4.69) is 4.98 Å². The zero-order valence-electron chi connectivity index (χ0n) is 8.78. The van der Waals surface area contributed by atoms with Gasteiger partial charge in [-0.15, -0.1) is 0 Å². The van der Waals surface area contributed by atoms with E-state index in [0.717, 1.165) is 19.2 Å². The van der Waals surface area contributed by atoms with Crippen LogP contribution in [0.4, 0.5) is 5.82 Å². The summed E-state index contributed by atoms with van der Waals surface area (Å²) in [5, 5.41) is 8.79. The second-order valence-corrected chi connectivity index (χ2v) is 3.10. The van der Waals surface area contributed by atoms with Crippen molar-refractivity contribution in [1.29, 1.82) is 0 Å². The van der Waals surface area contributed by atoms with Gasteiger partial charge in [-0.25, -0.2) is 4.79 Å². The summed E-state index contributed by atoms with van der Waals surface area (Å²) in [6.07, 6.45) is 0. The molecule has 0 fully saturated rings. The van der Waals surface area contributed by atoms with Gasteiger partial charge in [0.2, 0.25) is 5.56 Å². The molecule has 0 saturated heterocycles. The number of hydrogen-bond donors (Lipinski definition) is 2. The summed E-state index contributed by atoms with van der Waals surface area (Å²) in [4.78, 5) is 26.4. The molecular weight excluding hydrogens is 196 g/mol. The number of anilines is 1. The maximum atomic E-state index is 11.2. The number of nitrogens with one attached hydrogen (secondary N) is 1. The van der Waals surface area contributed by atoms with Crippen molar-refractivity contribution in [3.63, 3.8) is 0 Å². The highest BCUT2D eigenvalue weighted by Crippen LogP contribution is 2.09. The van der Waals surface area contributed by atoms with Crippen LogP contribution in [0.25, 0.3) is 0 Å². The SMILES string of the molecule is CCN(CC)c1cc(C(=O)O)cc(=O)[nH]1. The Labute approximate surface area is 87.4 Å². The number of carboxylic acids is 1. The van der Waals surface area contributed by atoms with Gasteiger partial charge < -0.3 is 15.0 Å². The summed E-state index contributed by atoms with van der Waals surface area (Å²) in [5.74, 6) is -0.542. The van der Waals surface area contributed by atoms with E-state index in [4.69, 9.17) is 5.11 Å². The molecule has 1 heterocycles. The molecule has 0 aliphatic rings. The fourth-order valence-corrected chi connectivity index (χ4v) is 1.39. The van der Waals surface area contributed by atoms with Gasteiger partial charge in [-0.2, -0.15) is 0 Å². The number of carboxylic acid groups (broad SMARTS) is 1. The van der Waals surface area contributed by atoms with Crippen LogP contribution in [0.2, 0.25) is 0 Å². The minimum Gasteiger partial charge on any atom is -0.478 e. The van der Waals surface area contributed by atoms with Gasteiger partial charge in [0, 0.05) is 19.2 Å². The molecule has 5 heteroatoms. The molecular formula is C10H14N2O3. The number of aromatic carboxylic acids is 1. The van der Waals surface area contributed by atoms with E-state index in [1.165, 1.54) is 6.07 Å². The van der Waals surface area contributed by atoms with E-state index in [1.54, 1.807) is 0 Å². The topological polar surface area (TPSA) is 73.4 Å². The number of hydrogen-bond acceptors (Lipinski definition) is 3. The number of aromatic nitrogens is 1. The molecule has 0 radical (unpaired) electrons. The quantitative estimate of drug-likeness (QED) is 0.775. The number of pyridine rings is 1. The van der Waals surface area contributed by atoms with Gasteiger partial charge in [0.15, 0.2) is 0 Å². The Morgan fingerprint density at radius 2 is 2.00 bits per heavy atom. The lowest BCUT2D eigenvalue weighted by atomic mass is 10.2. The van der Waals surface area contributed by atoms with E-state index in [1.807, 2.05) is 18.7 Å². The first-order valence-electron chi connectivity index (χ1n) is 4.81. The molecule has 1 aromatic rings. The van der Waals surface area contributed by atoms with Crippen LogP contribution >= 0.6 is 0 Å². The van der Waals surface area contributed by atoms with E-state index < -0.39 is 11.5 Å². The molecule has 0 aromatic carbocycles. The Balaban J connectivity index is 3.19. The van der Waals surface area contributed by atoms with Crippen molar-refractivity contribution in [3.05, 3.63) is 28.0 Å². The molecule has 15 heavy (non-hydrogen) atoms. The van der Waals surface area contributed by atoms with Crippen molar-refractivity contribution in [1.82, 2.24) is 4.98 Å². The van der Waals surface area contributed by atoms with Gasteiger partial charge in [0.25, 0.3) is 0 Å². The summed E-state index contributed by atoms with van der Waals surface area (Å²) in [6.45, 7) is 5.32. The standard InChI is InChI=1S/C10H14N2O3/c1-3-12(4-2)8-5-7(10(14)15)6-9(13)11-8/h5-6H,3-4H2,1-2H3,(H,11,13)(H,14,15). The van der Waals surface area contributed by atoms with Crippen LogP contribution in [0.3, 0.4) is 0 Å². The Bertz CT molecular complexity index is 407. The zero-order valence-corrected chi connectivity index (χ0v) is 8.78. The fourth-order valence-electron chi connectivity index (χ4n) is 1.39. The maximum absolute atomic E-state index is 11.2. The van der Waals surface area contributed by atoms with Gasteiger partial charge in [-0.1, -0.05) is 0 Å². The first-order chi connectivity index (χ1) is 7.08. The molecule has 1 rings (SSSR count). The van der Waals surface area contributed by atoms with Crippen molar-refractivity contribution in [2.24, 2.45) is 0 Å². The Morgan fingerprint density at radius 3 is 2.47 bits per heavy atom. The highest BCUT2D eigenvalue weighted by molar-refractivity contribution is 5.88. The number of H-pyrrole nitrogens is 1. The zero-order chi connectivity index (χ0) is 11.4. The summed E-state index contributed by atoms with van der Waals surface area (Å²) in [7, 11) is 0. The largest absolute Gasteiger partial charge is 0.478 e. The summed E-state index contributed by atoms with van der Waals surface area (Å²) >= 11 is 0. The third-order valence-electron chi connectivity index (χ3n) is 2.18. The lowest BCUT2D eigenvalue weighted by molar-refractivity contribution is 0.0696. The first kappa shape index (κ1) is 11.3. The molecule has 0 aliphatic carbocycles. The van der Waals surface area contributed by atoms with Crippen molar-refractivity contribution in [2.45, 2.75) is 13.8 Å². The number of nitrogens with zero attached hydrogens (tertiary/aromatic N) is 1. The molecule has 82 valence electrons. The van der Waals surface area contributed by atoms with E-state index in [0.29, 0.717) is 5.82 Å². The van der Waals surface area contributed by atoms with Crippen LogP contribution in [-0.2, 0) is 0 Å². The van der Waals surface area contributed by atoms with Gasteiger partial charge in [0.05, 0.1) is 5.56 Å². The number of carbonyl (C=O) groups is 1. The second-order valence-electron chi connectivity index (χ2n) is 3.10. The molecule has 0 aliphatic heterocycles. The summed E-state index contributed by atoms with van der Waals surface area (Å²) in [6, 6.07) is 2.55. The molecule has 0 atom stereocenters.